The minimum atomic E-state index is -0.755. The fourth-order valence-electron chi connectivity index (χ4n) is 1.37. The van der Waals surface area contributed by atoms with E-state index >= 15 is 0 Å². The normalized spacial score (nSPS) is 12.3. The smallest absolute Gasteiger partial charge is 0.247 e. The molecule has 0 spiro atoms. The van der Waals surface area contributed by atoms with E-state index in [1.165, 1.54) is 0 Å². The maximum absolute atomic E-state index is 10.9. The molecule has 1 heterocycles. The molecule has 6 heteroatoms. The number of hydrogen-bond donors (Lipinski definition) is 1. The maximum Gasteiger partial charge on any atom is 0.247 e. The van der Waals surface area contributed by atoms with Gasteiger partial charge < -0.3 is 14.0 Å². The summed E-state index contributed by atoms with van der Waals surface area (Å²) in [6.07, 6.45) is 0.651. The van der Waals surface area contributed by atoms with Gasteiger partial charge in [-0.3, -0.25) is 0 Å². The topological polar surface area (TPSA) is 77.2 Å². The van der Waals surface area contributed by atoms with Crippen LogP contribution in [0.1, 0.15) is 18.9 Å². The van der Waals surface area contributed by atoms with Gasteiger partial charge in [0.15, 0.2) is 6.04 Å². The summed E-state index contributed by atoms with van der Waals surface area (Å²) in [6, 6.07) is 8.58. The van der Waals surface area contributed by atoms with Crippen molar-refractivity contribution in [3.8, 4) is 11.5 Å². The van der Waals surface area contributed by atoms with Crippen LogP contribution in [0.25, 0.3) is 11.5 Å². The Morgan fingerprint density at radius 1 is 1.39 bits per heavy atom. The number of hydroxylamine groups is 1. The lowest BCUT2D eigenvalue weighted by molar-refractivity contribution is -0.114. The molecule has 1 atom stereocenters. The molecule has 0 fully saturated rings. The monoisotopic (exact) mass is 247 g/mol. The van der Waals surface area contributed by atoms with Gasteiger partial charge in [0.05, 0.1) is 6.61 Å². The van der Waals surface area contributed by atoms with Gasteiger partial charge in [-0.05, 0) is 19.1 Å². The molecule has 0 saturated carbocycles. The summed E-state index contributed by atoms with van der Waals surface area (Å²) in [5.41, 5.74) is 3.34. The first-order chi connectivity index (χ1) is 8.85. The molecule has 0 aliphatic carbocycles. The second-order valence-corrected chi connectivity index (χ2v) is 3.48. The van der Waals surface area contributed by atoms with Gasteiger partial charge in [0.2, 0.25) is 11.8 Å². The maximum atomic E-state index is 10.9. The lowest BCUT2D eigenvalue weighted by atomic mass is 10.2. The summed E-state index contributed by atoms with van der Waals surface area (Å²) >= 11 is 0. The Labute approximate surface area is 104 Å². The van der Waals surface area contributed by atoms with Crippen LogP contribution in [0.4, 0.5) is 0 Å². The molecular weight excluding hydrogens is 234 g/mol. The second kappa shape index (κ2) is 6.04. The van der Waals surface area contributed by atoms with Crippen molar-refractivity contribution in [3.05, 3.63) is 36.2 Å². The Kier molecular flexibility index (Phi) is 4.16. The fraction of sp³-hybridized carbons (Fsp3) is 0.250. The number of carbonyl (C=O) groups is 1. The van der Waals surface area contributed by atoms with E-state index in [1.54, 1.807) is 6.92 Å². The van der Waals surface area contributed by atoms with Crippen LogP contribution < -0.4 is 5.48 Å². The first-order valence-electron chi connectivity index (χ1n) is 5.56. The first kappa shape index (κ1) is 12.4. The molecule has 94 valence electrons. The molecule has 0 saturated heterocycles. The quantitative estimate of drug-likeness (QED) is 0.616. The predicted molar refractivity (Wildman–Crippen MR) is 63.3 cm³/mol. The van der Waals surface area contributed by atoms with Gasteiger partial charge >= 0.3 is 0 Å². The highest BCUT2D eigenvalue weighted by Gasteiger charge is 2.18. The number of benzene rings is 1. The number of rotatable bonds is 6. The minimum absolute atomic E-state index is 0.178. The van der Waals surface area contributed by atoms with Gasteiger partial charge in [-0.25, -0.2) is 0 Å². The predicted octanol–water partition coefficient (Wildman–Crippen LogP) is 1.52. The third-order valence-corrected chi connectivity index (χ3v) is 2.22. The number of hydrogen-bond acceptors (Lipinski definition) is 6. The zero-order chi connectivity index (χ0) is 12.8. The van der Waals surface area contributed by atoms with E-state index in [-0.39, 0.29) is 5.89 Å². The van der Waals surface area contributed by atoms with Crippen molar-refractivity contribution in [3.63, 3.8) is 0 Å². The Morgan fingerprint density at radius 3 is 2.83 bits per heavy atom. The van der Waals surface area contributed by atoms with Crippen molar-refractivity contribution in [1.82, 2.24) is 15.7 Å². The van der Waals surface area contributed by atoms with Crippen LogP contribution in [0.3, 0.4) is 0 Å². The lowest BCUT2D eigenvalue weighted by Crippen LogP contribution is -2.23. The average molecular weight is 247 g/mol. The van der Waals surface area contributed by atoms with Crippen LogP contribution in [-0.4, -0.2) is 23.1 Å². The van der Waals surface area contributed by atoms with Crippen LogP contribution >= 0.6 is 0 Å². The summed E-state index contributed by atoms with van der Waals surface area (Å²) < 4.78 is 5.42. The summed E-state index contributed by atoms with van der Waals surface area (Å²) in [6.45, 7) is 2.24. The van der Waals surface area contributed by atoms with Crippen molar-refractivity contribution >= 4 is 6.29 Å². The molecule has 0 bridgehead atoms. The van der Waals surface area contributed by atoms with Crippen molar-refractivity contribution in [1.29, 1.82) is 0 Å². The number of nitrogens with zero attached hydrogens (tertiary/aromatic N) is 2. The standard InChI is InChI=1S/C12H13N3O3/c1-2-17-15-10(8-16)12-14-13-11(18-12)9-6-4-3-5-7-9/h3-8,10,15H,2H2,1H3. The van der Waals surface area contributed by atoms with E-state index in [0.717, 1.165) is 5.56 Å². The van der Waals surface area contributed by atoms with Gasteiger partial charge in [-0.1, -0.05) is 18.2 Å². The van der Waals surface area contributed by atoms with E-state index in [4.69, 9.17) is 9.25 Å². The van der Waals surface area contributed by atoms with Crippen molar-refractivity contribution < 1.29 is 14.0 Å². The van der Waals surface area contributed by atoms with Crippen molar-refractivity contribution in [2.24, 2.45) is 0 Å². The van der Waals surface area contributed by atoms with Crippen molar-refractivity contribution in [2.45, 2.75) is 13.0 Å². The molecule has 2 aromatic rings. The van der Waals surface area contributed by atoms with Crippen molar-refractivity contribution in [2.75, 3.05) is 6.61 Å². The van der Waals surface area contributed by atoms with Gasteiger partial charge in [-0.15, -0.1) is 10.2 Å². The van der Waals surface area contributed by atoms with Crippen LogP contribution in [0.15, 0.2) is 34.7 Å². The van der Waals surface area contributed by atoms with Crippen LogP contribution in [0.2, 0.25) is 0 Å². The van der Waals surface area contributed by atoms with Crippen LogP contribution in [0, 0.1) is 0 Å². The SMILES string of the molecule is CCONC(C=O)c1nnc(-c2ccccc2)o1. The van der Waals surface area contributed by atoms with E-state index in [9.17, 15) is 4.79 Å². The van der Waals surface area contributed by atoms with E-state index in [0.29, 0.717) is 18.8 Å². The van der Waals surface area contributed by atoms with E-state index < -0.39 is 6.04 Å². The lowest BCUT2D eigenvalue weighted by Gasteiger charge is -2.06. The Balaban J connectivity index is 2.16. The summed E-state index contributed by atoms with van der Waals surface area (Å²) in [4.78, 5) is 15.8. The zero-order valence-corrected chi connectivity index (χ0v) is 9.87. The molecule has 2 rings (SSSR count). The fourth-order valence-corrected chi connectivity index (χ4v) is 1.37. The van der Waals surface area contributed by atoms with Gasteiger partial charge in [-0.2, -0.15) is 5.48 Å². The van der Waals surface area contributed by atoms with Gasteiger partial charge in [0.1, 0.15) is 6.29 Å². The number of nitrogens with one attached hydrogen (secondary N) is 1. The molecule has 0 amide bonds. The molecule has 6 nitrogen and oxygen atoms in total. The molecule has 1 aromatic heterocycles. The largest absolute Gasteiger partial charge is 0.418 e. The third kappa shape index (κ3) is 2.79. The zero-order valence-electron chi connectivity index (χ0n) is 9.87. The first-order valence-corrected chi connectivity index (χ1v) is 5.56. The molecule has 1 aromatic carbocycles. The van der Waals surface area contributed by atoms with Gasteiger partial charge in [0, 0.05) is 5.56 Å². The van der Waals surface area contributed by atoms with Crippen LogP contribution in [-0.2, 0) is 9.63 Å². The minimum Gasteiger partial charge on any atom is -0.418 e. The number of carbonyl (C=O) groups excluding carboxylic acids is 1. The highest BCUT2D eigenvalue weighted by atomic mass is 16.6. The summed E-state index contributed by atoms with van der Waals surface area (Å²) in [7, 11) is 0. The van der Waals surface area contributed by atoms with E-state index in [2.05, 4.69) is 15.7 Å². The Morgan fingerprint density at radius 2 is 2.17 bits per heavy atom. The molecule has 0 aliphatic heterocycles. The molecule has 0 aliphatic rings. The molecule has 1 unspecified atom stereocenters. The number of aldehydes is 1. The number of aromatic nitrogens is 2. The molecule has 1 N–H and O–H groups in total. The Bertz CT molecular complexity index is 498. The average Bonchev–Trinajstić information content (AvgIpc) is 2.90. The summed E-state index contributed by atoms with van der Waals surface area (Å²) in [5, 5.41) is 7.72. The van der Waals surface area contributed by atoms with Gasteiger partial charge in [0.25, 0.3) is 0 Å². The van der Waals surface area contributed by atoms with Crippen LogP contribution in [0.5, 0.6) is 0 Å². The molecule has 0 radical (unpaired) electrons. The summed E-state index contributed by atoms with van der Waals surface area (Å²) in [5.74, 6) is 0.549. The second-order valence-electron chi connectivity index (χ2n) is 3.48. The highest BCUT2D eigenvalue weighted by Crippen LogP contribution is 2.19. The Hall–Kier alpha value is -2.05. The highest BCUT2D eigenvalue weighted by molar-refractivity contribution is 5.59. The molecular formula is C12H13N3O3. The third-order valence-electron chi connectivity index (χ3n) is 2.22. The molecule has 18 heavy (non-hydrogen) atoms. The van der Waals surface area contributed by atoms with E-state index in [1.807, 2.05) is 30.3 Å².